The molecule has 34 heavy (non-hydrogen) atoms. The Hall–Kier alpha value is -3.40. The van der Waals surface area contributed by atoms with Crippen LogP contribution in [0.2, 0.25) is 0 Å². The van der Waals surface area contributed by atoms with Gasteiger partial charge in [-0.05, 0) is 47.7 Å². The molecular formula is C25H24FN5O2S. The van der Waals surface area contributed by atoms with Crippen molar-refractivity contribution in [3.63, 3.8) is 0 Å². The molecule has 0 amide bonds. The molecule has 0 bridgehead atoms. The van der Waals surface area contributed by atoms with Crippen molar-refractivity contribution in [1.29, 1.82) is 0 Å². The molecule has 5 rings (SSSR count). The maximum Gasteiger partial charge on any atom is 0.238 e. The number of halogens is 1. The fraction of sp³-hybridized carbons (Fsp3) is 0.200. The Kier molecular flexibility index (Phi) is 5.99. The molecule has 1 aromatic heterocycles. The summed E-state index contributed by atoms with van der Waals surface area (Å²) in [6, 6.07) is 21.9. The average molecular weight is 478 g/mol. The predicted molar refractivity (Wildman–Crippen MR) is 126 cm³/mol. The Morgan fingerprint density at radius 1 is 1.00 bits per heavy atom. The Morgan fingerprint density at radius 2 is 1.68 bits per heavy atom. The summed E-state index contributed by atoms with van der Waals surface area (Å²) in [6.07, 6.45) is 2.33. The van der Waals surface area contributed by atoms with Crippen molar-refractivity contribution in [3.05, 3.63) is 107 Å². The molecule has 0 saturated carbocycles. The Labute approximate surface area is 197 Å². The van der Waals surface area contributed by atoms with Gasteiger partial charge in [-0.1, -0.05) is 54.6 Å². The number of aromatic nitrogens is 3. The normalized spacial score (nSPS) is 13.8. The molecule has 9 heteroatoms. The summed E-state index contributed by atoms with van der Waals surface area (Å²) in [5.41, 5.74) is 3.81. The predicted octanol–water partition coefficient (Wildman–Crippen LogP) is 2.90. The van der Waals surface area contributed by atoms with Crippen molar-refractivity contribution >= 4 is 10.0 Å². The zero-order valence-corrected chi connectivity index (χ0v) is 19.2. The third-order valence-corrected chi connectivity index (χ3v) is 6.91. The van der Waals surface area contributed by atoms with Crippen LogP contribution in [-0.2, 0) is 35.8 Å². The summed E-state index contributed by atoms with van der Waals surface area (Å²) in [6.45, 7) is 0.435. The first-order valence-electron chi connectivity index (χ1n) is 11.0. The lowest BCUT2D eigenvalue weighted by Crippen LogP contribution is -2.29. The van der Waals surface area contributed by atoms with Crippen molar-refractivity contribution < 1.29 is 12.8 Å². The van der Waals surface area contributed by atoms with Gasteiger partial charge in [0.05, 0.1) is 11.4 Å². The van der Waals surface area contributed by atoms with E-state index in [1.54, 1.807) is 0 Å². The van der Waals surface area contributed by atoms with E-state index in [9.17, 15) is 12.8 Å². The molecule has 3 aromatic carbocycles. The third kappa shape index (κ3) is 4.77. The van der Waals surface area contributed by atoms with E-state index in [2.05, 4.69) is 39.7 Å². The smallest absolute Gasteiger partial charge is 0.238 e. The average Bonchev–Trinajstić information content (AvgIpc) is 3.41. The highest BCUT2D eigenvalue weighted by Crippen LogP contribution is 2.23. The van der Waals surface area contributed by atoms with Crippen molar-refractivity contribution in [2.45, 2.75) is 36.7 Å². The zero-order valence-electron chi connectivity index (χ0n) is 18.4. The minimum Gasteiger partial charge on any atom is -0.306 e. The van der Waals surface area contributed by atoms with E-state index >= 15 is 0 Å². The molecule has 1 heterocycles. The van der Waals surface area contributed by atoms with Gasteiger partial charge < -0.3 is 5.32 Å². The van der Waals surface area contributed by atoms with E-state index in [0.717, 1.165) is 24.5 Å². The highest BCUT2D eigenvalue weighted by Gasteiger charge is 2.22. The van der Waals surface area contributed by atoms with Gasteiger partial charge in [0, 0.05) is 12.5 Å². The van der Waals surface area contributed by atoms with Crippen LogP contribution in [0.4, 0.5) is 4.39 Å². The molecule has 0 saturated heterocycles. The first-order valence-corrected chi connectivity index (χ1v) is 12.5. The van der Waals surface area contributed by atoms with Crippen LogP contribution in [0.15, 0.2) is 77.7 Å². The number of nitrogens with one attached hydrogen (secondary N) is 1. The van der Waals surface area contributed by atoms with Gasteiger partial charge in [-0.15, -0.1) is 5.10 Å². The summed E-state index contributed by atoms with van der Waals surface area (Å²) < 4.78 is 39.6. The topological polar surface area (TPSA) is 103 Å². The van der Waals surface area contributed by atoms with Gasteiger partial charge in [0.2, 0.25) is 10.0 Å². The van der Waals surface area contributed by atoms with Crippen molar-refractivity contribution in [2.24, 2.45) is 5.14 Å². The second-order valence-electron chi connectivity index (χ2n) is 8.43. The van der Waals surface area contributed by atoms with Crippen LogP contribution in [0.3, 0.4) is 0 Å². The lowest BCUT2D eigenvalue weighted by Gasteiger charge is -2.09. The second-order valence-corrected chi connectivity index (χ2v) is 9.99. The molecule has 1 aliphatic rings. The lowest BCUT2D eigenvalue weighted by molar-refractivity contribution is 0.520. The number of primary sulfonamides is 1. The molecule has 174 valence electrons. The highest BCUT2D eigenvalue weighted by atomic mass is 32.2. The lowest BCUT2D eigenvalue weighted by atomic mass is 10.1. The minimum absolute atomic E-state index is 0.116. The Morgan fingerprint density at radius 3 is 2.32 bits per heavy atom. The van der Waals surface area contributed by atoms with E-state index in [1.807, 2.05) is 30.3 Å². The first kappa shape index (κ1) is 22.4. The maximum absolute atomic E-state index is 15.0. The number of benzene rings is 3. The molecule has 0 atom stereocenters. The number of hydrogen-bond acceptors (Lipinski definition) is 5. The standard InChI is InChI=1S/C25H24FN5O2S/c26-22-15-21(34(27,32)33)10-11-23(22)31-25(12-17-6-2-1-3-7-17)29-24(30-31)16-28-20-13-18-8-4-5-9-19(18)14-20/h1-11,15,20,28H,12-14,16H2,(H2,27,32,33). The van der Waals surface area contributed by atoms with Gasteiger partial charge in [-0.2, -0.15) is 0 Å². The van der Waals surface area contributed by atoms with Crippen LogP contribution in [0.5, 0.6) is 0 Å². The monoisotopic (exact) mass is 477 g/mol. The number of nitrogens with two attached hydrogens (primary N) is 1. The molecule has 0 fully saturated rings. The van der Waals surface area contributed by atoms with Crippen LogP contribution in [0, 0.1) is 5.82 Å². The van der Waals surface area contributed by atoms with Gasteiger partial charge in [-0.3, -0.25) is 0 Å². The fourth-order valence-corrected chi connectivity index (χ4v) is 4.85. The largest absolute Gasteiger partial charge is 0.306 e. The van der Waals surface area contributed by atoms with Gasteiger partial charge in [0.25, 0.3) is 0 Å². The summed E-state index contributed by atoms with van der Waals surface area (Å²) in [5.74, 6) is 0.355. The third-order valence-electron chi connectivity index (χ3n) is 6.00. The SMILES string of the molecule is NS(=O)(=O)c1ccc(-n2nc(CNC3Cc4ccccc4C3)nc2Cc2ccccc2)c(F)c1. The summed E-state index contributed by atoms with van der Waals surface area (Å²) in [7, 11) is -4.01. The molecule has 4 aromatic rings. The van der Waals surface area contributed by atoms with Gasteiger partial charge >= 0.3 is 0 Å². The number of hydrogen-bond donors (Lipinski definition) is 2. The van der Waals surface area contributed by atoms with Gasteiger partial charge in [-0.25, -0.2) is 27.6 Å². The summed E-state index contributed by atoms with van der Waals surface area (Å²) >= 11 is 0. The molecular weight excluding hydrogens is 453 g/mol. The molecule has 1 aliphatic carbocycles. The number of fused-ring (bicyclic) bond motifs is 1. The number of nitrogens with zero attached hydrogens (tertiary/aromatic N) is 3. The Balaban J connectivity index is 1.42. The van der Waals surface area contributed by atoms with Crippen LogP contribution in [-0.4, -0.2) is 29.2 Å². The quantitative estimate of drug-likeness (QED) is 0.426. The molecule has 0 aliphatic heterocycles. The maximum atomic E-state index is 15.0. The van der Waals surface area contributed by atoms with Crippen molar-refractivity contribution in [1.82, 2.24) is 20.1 Å². The number of sulfonamides is 1. The van der Waals surface area contributed by atoms with E-state index in [4.69, 9.17) is 5.14 Å². The van der Waals surface area contributed by atoms with Crippen molar-refractivity contribution in [3.8, 4) is 5.69 Å². The first-order chi connectivity index (χ1) is 16.4. The summed E-state index contributed by atoms with van der Waals surface area (Å²) in [5, 5.41) is 13.2. The van der Waals surface area contributed by atoms with Crippen LogP contribution in [0.1, 0.15) is 28.3 Å². The molecule has 0 radical (unpaired) electrons. The van der Waals surface area contributed by atoms with E-state index in [0.29, 0.717) is 24.6 Å². The molecule has 0 spiro atoms. The van der Waals surface area contributed by atoms with E-state index in [-0.39, 0.29) is 16.6 Å². The molecule has 0 unspecified atom stereocenters. The van der Waals surface area contributed by atoms with Crippen molar-refractivity contribution in [2.75, 3.05) is 0 Å². The fourth-order valence-electron chi connectivity index (χ4n) is 4.33. The van der Waals surface area contributed by atoms with Crippen LogP contribution in [0.25, 0.3) is 5.69 Å². The van der Waals surface area contributed by atoms with E-state index < -0.39 is 15.8 Å². The van der Waals surface area contributed by atoms with Gasteiger partial charge in [0.1, 0.15) is 17.3 Å². The van der Waals surface area contributed by atoms with Crippen LogP contribution < -0.4 is 10.5 Å². The van der Waals surface area contributed by atoms with Crippen LogP contribution >= 0.6 is 0 Å². The zero-order chi connectivity index (χ0) is 23.7. The Bertz CT molecular complexity index is 1410. The number of rotatable bonds is 7. The minimum atomic E-state index is -4.01. The second kappa shape index (κ2) is 9.09. The van der Waals surface area contributed by atoms with Gasteiger partial charge in [0.15, 0.2) is 5.82 Å². The highest BCUT2D eigenvalue weighted by molar-refractivity contribution is 7.89. The molecule has 3 N–H and O–H groups in total. The molecule has 7 nitrogen and oxygen atoms in total. The van der Waals surface area contributed by atoms with E-state index in [1.165, 1.54) is 27.9 Å². The summed E-state index contributed by atoms with van der Waals surface area (Å²) in [4.78, 5) is 4.39.